The van der Waals surface area contributed by atoms with Gasteiger partial charge in [0.25, 0.3) is 0 Å². The van der Waals surface area contributed by atoms with Gasteiger partial charge in [0.1, 0.15) is 0 Å². The van der Waals surface area contributed by atoms with Gasteiger partial charge in [-0.25, -0.2) is 0 Å². The van der Waals surface area contributed by atoms with Gasteiger partial charge < -0.3 is 10.2 Å². The van der Waals surface area contributed by atoms with Gasteiger partial charge in [-0.1, -0.05) is 13.8 Å². The van der Waals surface area contributed by atoms with Crippen LogP contribution in [0.15, 0.2) is 0 Å². The van der Waals surface area contributed by atoms with Gasteiger partial charge >= 0.3 is 0 Å². The first-order chi connectivity index (χ1) is 6.08. The molecule has 0 aromatic heterocycles. The molecule has 2 heteroatoms. The Labute approximate surface area is 82.7 Å². The van der Waals surface area contributed by atoms with Crippen LogP contribution in [0.2, 0.25) is 0 Å². The van der Waals surface area contributed by atoms with Crippen LogP contribution in [0.5, 0.6) is 0 Å². The van der Waals surface area contributed by atoms with Crippen LogP contribution < -0.4 is 5.32 Å². The molecule has 1 aliphatic rings. The Morgan fingerprint density at radius 1 is 1.46 bits per heavy atom. The zero-order valence-electron chi connectivity index (χ0n) is 9.56. The molecule has 1 heterocycles. The molecule has 0 spiro atoms. The summed E-state index contributed by atoms with van der Waals surface area (Å²) in [5.74, 6) is 0.830. The molecule has 0 aromatic carbocycles. The quantitative estimate of drug-likeness (QED) is 0.715. The lowest BCUT2D eigenvalue weighted by Gasteiger charge is -2.29. The third-order valence-electron chi connectivity index (χ3n) is 3.28. The minimum atomic E-state index is 0.416. The molecule has 13 heavy (non-hydrogen) atoms. The Bertz CT molecular complexity index is 156. The molecule has 2 nitrogen and oxygen atoms in total. The molecule has 0 radical (unpaired) electrons. The topological polar surface area (TPSA) is 15.3 Å². The summed E-state index contributed by atoms with van der Waals surface area (Å²) in [4.78, 5) is 2.43. The fourth-order valence-electron chi connectivity index (χ4n) is 2.18. The molecular formula is C11H24N2. The van der Waals surface area contributed by atoms with Crippen LogP contribution in [0.25, 0.3) is 0 Å². The number of hydrogen-bond acceptors (Lipinski definition) is 2. The molecule has 0 saturated carbocycles. The van der Waals surface area contributed by atoms with Crippen molar-refractivity contribution in [2.24, 2.45) is 5.92 Å². The molecule has 1 fully saturated rings. The molecule has 0 bridgehead atoms. The maximum absolute atomic E-state index is 3.52. The highest BCUT2D eigenvalue weighted by Crippen LogP contribution is 2.26. The third-order valence-corrected chi connectivity index (χ3v) is 3.28. The average Bonchev–Trinajstić information content (AvgIpc) is 2.45. The van der Waals surface area contributed by atoms with Gasteiger partial charge in [0.05, 0.1) is 0 Å². The molecule has 0 amide bonds. The van der Waals surface area contributed by atoms with Crippen molar-refractivity contribution in [3.8, 4) is 0 Å². The Hall–Kier alpha value is -0.0800. The van der Waals surface area contributed by atoms with E-state index in [1.807, 2.05) is 0 Å². The zero-order valence-corrected chi connectivity index (χ0v) is 9.56. The molecule has 1 aliphatic heterocycles. The van der Waals surface area contributed by atoms with Gasteiger partial charge in [-0.05, 0) is 45.8 Å². The smallest absolute Gasteiger partial charge is 0.0318 e. The Kier molecular flexibility index (Phi) is 3.74. The average molecular weight is 184 g/mol. The van der Waals surface area contributed by atoms with Crippen molar-refractivity contribution >= 4 is 0 Å². The summed E-state index contributed by atoms with van der Waals surface area (Å²) in [7, 11) is 4.33. The van der Waals surface area contributed by atoms with E-state index in [9.17, 15) is 0 Å². The maximum Gasteiger partial charge on any atom is 0.0318 e. The molecule has 1 saturated heterocycles. The van der Waals surface area contributed by atoms with E-state index < -0.39 is 0 Å². The van der Waals surface area contributed by atoms with Crippen LogP contribution in [0.4, 0.5) is 0 Å². The summed E-state index contributed by atoms with van der Waals surface area (Å²) in [5.41, 5.74) is 0.416. The van der Waals surface area contributed by atoms with E-state index in [-0.39, 0.29) is 0 Å². The molecule has 1 unspecified atom stereocenters. The number of hydrogen-bond donors (Lipinski definition) is 1. The fraction of sp³-hybridized carbons (Fsp3) is 1.00. The van der Waals surface area contributed by atoms with Gasteiger partial charge in [0.15, 0.2) is 0 Å². The van der Waals surface area contributed by atoms with Crippen LogP contribution in [0.3, 0.4) is 0 Å². The Balaban J connectivity index is 2.41. The first kappa shape index (κ1) is 11.0. The summed E-state index contributed by atoms with van der Waals surface area (Å²) in [5, 5.41) is 3.52. The second-order valence-corrected chi connectivity index (χ2v) is 4.95. The molecule has 0 aliphatic carbocycles. The van der Waals surface area contributed by atoms with E-state index in [1.165, 1.54) is 32.4 Å². The van der Waals surface area contributed by atoms with Crippen LogP contribution >= 0.6 is 0 Å². The standard InChI is InChI=1S/C11H24N2/c1-10(2)5-6-11(12-3)7-8-13(4)9-11/h10,12H,5-9H2,1-4H3. The SMILES string of the molecule is CNC1(CCC(C)C)CCN(C)C1. The maximum atomic E-state index is 3.52. The summed E-state index contributed by atoms with van der Waals surface area (Å²) >= 11 is 0. The first-order valence-electron chi connectivity index (χ1n) is 5.45. The largest absolute Gasteiger partial charge is 0.313 e. The second kappa shape index (κ2) is 4.43. The number of rotatable bonds is 4. The molecule has 78 valence electrons. The highest BCUT2D eigenvalue weighted by atomic mass is 15.2. The summed E-state index contributed by atoms with van der Waals surface area (Å²) in [6.07, 6.45) is 3.98. The Morgan fingerprint density at radius 3 is 2.54 bits per heavy atom. The van der Waals surface area contributed by atoms with E-state index in [0.29, 0.717) is 5.54 Å². The molecule has 1 N–H and O–H groups in total. The highest BCUT2D eigenvalue weighted by molar-refractivity contribution is 4.95. The number of nitrogens with zero attached hydrogens (tertiary/aromatic N) is 1. The van der Waals surface area contributed by atoms with Crippen molar-refractivity contribution in [3.05, 3.63) is 0 Å². The van der Waals surface area contributed by atoms with E-state index >= 15 is 0 Å². The number of likely N-dealkylation sites (N-methyl/N-ethyl adjacent to an activating group) is 2. The molecule has 0 aromatic rings. The predicted molar refractivity (Wildman–Crippen MR) is 58.0 cm³/mol. The molecule has 1 rings (SSSR count). The van der Waals surface area contributed by atoms with E-state index in [4.69, 9.17) is 0 Å². The van der Waals surface area contributed by atoms with Crippen LogP contribution in [-0.4, -0.2) is 37.6 Å². The normalized spacial score (nSPS) is 30.2. The van der Waals surface area contributed by atoms with Crippen LogP contribution in [-0.2, 0) is 0 Å². The van der Waals surface area contributed by atoms with Crippen molar-refractivity contribution < 1.29 is 0 Å². The van der Waals surface area contributed by atoms with E-state index in [2.05, 4.69) is 38.2 Å². The summed E-state index contributed by atoms with van der Waals surface area (Å²) < 4.78 is 0. The molecular weight excluding hydrogens is 160 g/mol. The van der Waals surface area contributed by atoms with Gasteiger partial charge in [-0.3, -0.25) is 0 Å². The van der Waals surface area contributed by atoms with Crippen molar-refractivity contribution in [3.63, 3.8) is 0 Å². The van der Waals surface area contributed by atoms with E-state index in [0.717, 1.165) is 5.92 Å². The van der Waals surface area contributed by atoms with Crippen LogP contribution in [0.1, 0.15) is 33.1 Å². The van der Waals surface area contributed by atoms with Gasteiger partial charge in [-0.2, -0.15) is 0 Å². The van der Waals surface area contributed by atoms with Crippen molar-refractivity contribution in [2.75, 3.05) is 27.2 Å². The monoisotopic (exact) mass is 184 g/mol. The first-order valence-corrected chi connectivity index (χ1v) is 5.45. The fourth-order valence-corrected chi connectivity index (χ4v) is 2.18. The number of likely N-dealkylation sites (tertiary alicyclic amines) is 1. The summed E-state index contributed by atoms with van der Waals surface area (Å²) in [6, 6.07) is 0. The van der Waals surface area contributed by atoms with Gasteiger partial charge in [0.2, 0.25) is 0 Å². The second-order valence-electron chi connectivity index (χ2n) is 4.95. The Morgan fingerprint density at radius 2 is 2.15 bits per heavy atom. The van der Waals surface area contributed by atoms with Gasteiger partial charge in [-0.15, -0.1) is 0 Å². The lowest BCUT2D eigenvalue weighted by Crippen LogP contribution is -2.45. The van der Waals surface area contributed by atoms with Crippen molar-refractivity contribution in [1.29, 1.82) is 0 Å². The lowest BCUT2D eigenvalue weighted by atomic mass is 9.89. The minimum Gasteiger partial charge on any atom is -0.313 e. The zero-order chi connectivity index (χ0) is 9.90. The molecule has 1 atom stereocenters. The number of nitrogens with one attached hydrogen (secondary N) is 1. The minimum absolute atomic E-state index is 0.416. The lowest BCUT2D eigenvalue weighted by molar-refractivity contribution is 0.292. The van der Waals surface area contributed by atoms with Crippen molar-refractivity contribution in [1.82, 2.24) is 10.2 Å². The van der Waals surface area contributed by atoms with Gasteiger partial charge in [0, 0.05) is 12.1 Å². The highest BCUT2D eigenvalue weighted by Gasteiger charge is 2.34. The van der Waals surface area contributed by atoms with Crippen molar-refractivity contribution in [2.45, 2.75) is 38.6 Å². The van der Waals surface area contributed by atoms with E-state index in [1.54, 1.807) is 0 Å². The predicted octanol–water partition coefficient (Wildman–Crippen LogP) is 1.72. The third kappa shape index (κ3) is 2.96. The van der Waals surface area contributed by atoms with Crippen LogP contribution in [0, 0.1) is 5.92 Å². The summed E-state index contributed by atoms with van der Waals surface area (Å²) in [6.45, 7) is 7.08.